The first-order chi connectivity index (χ1) is 15.1. The normalized spacial score (nSPS) is 10.8. The average molecular weight is 453 g/mol. The van der Waals surface area contributed by atoms with Crippen LogP contribution in [0.2, 0.25) is 0 Å². The summed E-state index contributed by atoms with van der Waals surface area (Å²) in [6, 6.07) is 16.5. The molecule has 0 fully saturated rings. The van der Waals surface area contributed by atoms with Crippen molar-refractivity contribution in [3.63, 3.8) is 0 Å². The highest BCUT2D eigenvalue weighted by atomic mass is 32.2. The predicted molar refractivity (Wildman–Crippen MR) is 132 cm³/mol. The van der Waals surface area contributed by atoms with Crippen LogP contribution in [0.4, 0.5) is 5.69 Å². The smallest absolute Gasteiger partial charge is 0.234 e. The van der Waals surface area contributed by atoms with Gasteiger partial charge in [0.1, 0.15) is 5.82 Å². The predicted octanol–water partition coefficient (Wildman–Crippen LogP) is 5.50. The molecule has 0 radical (unpaired) electrons. The maximum atomic E-state index is 12.6. The molecule has 0 atom stereocenters. The molecule has 0 saturated heterocycles. The van der Waals surface area contributed by atoms with E-state index in [4.69, 9.17) is 0 Å². The summed E-state index contributed by atoms with van der Waals surface area (Å²) in [5.74, 6) is 2.82. The van der Waals surface area contributed by atoms with Crippen molar-refractivity contribution >= 4 is 35.1 Å². The summed E-state index contributed by atoms with van der Waals surface area (Å²) in [7, 11) is 0. The van der Waals surface area contributed by atoms with Crippen molar-refractivity contribution in [2.75, 3.05) is 11.1 Å². The van der Waals surface area contributed by atoms with E-state index in [9.17, 15) is 4.79 Å². The SMILES string of the molecule is C=CCn1c(CSCc2ccccc2)nnc1SCC(=O)Nc1c(C)cccc1CC. The lowest BCUT2D eigenvalue weighted by Crippen LogP contribution is -2.16. The minimum absolute atomic E-state index is 0.0397. The standard InChI is InChI=1S/C24H28N4OS2/c1-4-14-28-21(16-30-15-19-11-7-6-8-12-19)26-27-24(28)31-17-22(29)25-23-18(3)10-9-13-20(23)5-2/h4,6-13H,1,5,14-17H2,2-3H3,(H,25,29). The first kappa shape index (κ1) is 23.2. The molecule has 0 aliphatic heterocycles. The van der Waals surface area contributed by atoms with E-state index >= 15 is 0 Å². The Hall–Kier alpha value is -2.51. The Bertz CT molecular complexity index is 1020. The summed E-state index contributed by atoms with van der Waals surface area (Å²) in [5, 5.41) is 12.5. The number of nitrogens with zero attached hydrogens (tertiary/aromatic N) is 3. The topological polar surface area (TPSA) is 59.8 Å². The van der Waals surface area contributed by atoms with Crippen LogP contribution in [0.15, 0.2) is 66.3 Å². The van der Waals surface area contributed by atoms with Crippen LogP contribution in [0, 0.1) is 6.92 Å². The number of benzene rings is 2. The van der Waals surface area contributed by atoms with Crippen molar-refractivity contribution in [3.05, 3.63) is 83.7 Å². The van der Waals surface area contributed by atoms with Gasteiger partial charge in [0, 0.05) is 18.0 Å². The molecule has 31 heavy (non-hydrogen) atoms. The lowest BCUT2D eigenvalue weighted by Gasteiger charge is -2.13. The van der Waals surface area contributed by atoms with Gasteiger partial charge in [-0.25, -0.2) is 0 Å². The van der Waals surface area contributed by atoms with E-state index < -0.39 is 0 Å². The van der Waals surface area contributed by atoms with Crippen LogP contribution in [0.25, 0.3) is 0 Å². The minimum Gasteiger partial charge on any atom is -0.325 e. The van der Waals surface area contributed by atoms with Crippen molar-refractivity contribution in [3.8, 4) is 0 Å². The Morgan fingerprint density at radius 2 is 1.94 bits per heavy atom. The number of carbonyl (C=O) groups is 1. The molecule has 7 heteroatoms. The van der Waals surface area contributed by atoms with Crippen LogP contribution in [-0.4, -0.2) is 26.4 Å². The third-order valence-electron chi connectivity index (χ3n) is 4.78. The molecular formula is C24H28N4OS2. The second kappa shape index (κ2) is 11.8. The summed E-state index contributed by atoms with van der Waals surface area (Å²) in [4.78, 5) is 12.6. The van der Waals surface area contributed by atoms with Gasteiger partial charge in [-0.15, -0.1) is 28.5 Å². The van der Waals surface area contributed by atoms with Gasteiger partial charge >= 0.3 is 0 Å². The molecule has 5 nitrogen and oxygen atoms in total. The Kier molecular flexibility index (Phi) is 8.79. The summed E-state index contributed by atoms with van der Waals surface area (Å²) in [6.07, 6.45) is 2.71. The van der Waals surface area contributed by atoms with Gasteiger partial charge in [0.25, 0.3) is 0 Å². The van der Waals surface area contributed by atoms with Crippen LogP contribution in [-0.2, 0) is 29.3 Å². The number of anilines is 1. The van der Waals surface area contributed by atoms with Crippen LogP contribution in [0.1, 0.15) is 29.4 Å². The summed E-state index contributed by atoms with van der Waals surface area (Å²) in [5.41, 5.74) is 4.42. The molecule has 162 valence electrons. The van der Waals surface area contributed by atoms with Crippen LogP contribution in [0.5, 0.6) is 0 Å². The zero-order valence-corrected chi connectivity index (χ0v) is 19.6. The van der Waals surface area contributed by atoms with Gasteiger partial charge in [0.05, 0.1) is 11.5 Å². The molecule has 0 aliphatic rings. The highest BCUT2D eigenvalue weighted by molar-refractivity contribution is 7.99. The maximum Gasteiger partial charge on any atom is 0.234 e. The molecule has 2 aromatic carbocycles. The second-order valence-corrected chi connectivity index (χ2v) is 9.00. The second-order valence-electron chi connectivity index (χ2n) is 7.08. The molecule has 0 unspecified atom stereocenters. The number of thioether (sulfide) groups is 2. The van der Waals surface area contributed by atoms with E-state index in [1.165, 1.54) is 17.3 Å². The Morgan fingerprint density at radius 1 is 1.13 bits per heavy atom. The number of allylic oxidation sites excluding steroid dienone is 1. The molecule has 0 bridgehead atoms. The largest absolute Gasteiger partial charge is 0.325 e. The van der Waals surface area contributed by atoms with Crippen molar-refractivity contribution in [1.29, 1.82) is 0 Å². The molecule has 0 spiro atoms. The fourth-order valence-electron chi connectivity index (χ4n) is 3.19. The Balaban J connectivity index is 1.59. The fourth-order valence-corrected chi connectivity index (χ4v) is 4.88. The highest BCUT2D eigenvalue weighted by Crippen LogP contribution is 2.24. The number of hydrogen-bond acceptors (Lipinski definition) is 5. The minimum atomic E-state index is -0.0397. The zero-order chi connectivity index (χ0) is 22.1. The molecule has 3 rings (SSSR count). The van der Waals surface area contributed by atoms with E-state index in [2.05, 4.69) is 59.3 Å². The average Bonchev–Trinajstić information content (AvgIpc) is 3.16. The number of nitrogens with one attached hydrogen (secondary N) is 1. The number of amides is 1. The maximum absolute atomic E-state index is 12.6. The van der Waals surface area contributed by atoms with Gasteiger partial charge in [-0.2, -0.15) is 0 Å². The number of carbonyl (C=O) groups excluding carboxylic acids is 1. The fraction of sp³-hybridized carbons (Fsp3) is 0.292. The van der Waals surface area contributed by atoms with E-state index in [0.29, 0.717) is 6.54 Å². The third kappa shape index (κ3) is 6.48. The first-order valence-electron chi connectivity index (χ1n) is 10.3. The molecular weight excluding hydrogens is 424 g/mol. The Labute approximate surface area is 192 Å². The van der Waals surface area contributed by atoms with E-state index in [1.807, 2.05) is 35.8 Å². The first-order valence-corrected chi connectivity index (χ1v) is 12.4. The van der Waals surface area contributed by atoms with E-state index in [-0.39, 0.29) is 11.7 Å². The van der Waals surface area contributed by atoms with Crippen LogP contribution in [0.3, 0.4) is 0 Å². The van der Waals surface area contributed by atoms with Gasteiger partial charge in [-0.1, -0.05) is 73.3 Å². The molecule has 3 aromatic rings. The quantitative estimate of drug-likeness (QED) is 0.307. The van der Waals surface area contributed by atoms with Gasteiger partial charge in [0.15, 0.2) is 5.16 Å². The molecule has 1 aromatic heterocycles. The number of para-hydroxylation sites is 1. The van der Waals surface area contributed by atoms with Crippen LogP contribution >= 0.6 is 23.5 Å². The number of hydrogen-bond donors (Lipinski definition) is 1. The van der Waals surface area contributed by atoms with Crippen molar-refractivity contribution in [2.45, 2.75) is 43.5 Å². The summed E-state index contributed by atoms with van der Waals surface area (Å²) < 4.78 is 2.04. The summed E-state index contributed by atoms with van der Waals surface area (Å²) >= 11 is 3.20. The van der Waals surface area contributed by atoms with Gasteiger partial charge in [0.2, 0.25) is 5.91 Å². The van der Waals surface area contributed by atoms with Gasteiger partial charge in [-0.05, 0) is 30.0 Å². The van der Waals surface area contributed by atoms with Crippen molar-refractivity contribution in [1.82, 2.24) is 14.8 Å². The molecule has 0 aliphatic carbocycles. The van der Waals surface area contributed by atoms with Crippen LogP contribution < -0.4 is 5.32 Å². The third-order valence-corrected chi connectivity index (χ3v) is 6.75. The van der Waals surface area contributed by atoms with Gasteiger partial charge in [-0.3, -0.25) is 4.79 Å². The molecule has 0 saturated carbocycles. The van der Waals surface area contributed by atoms with E-state index in [0.717, 1.165) is 45.7 Å². The number of aromatic nitrogens is 3. The van der Waals surface area contributed by atoms with Gasteiger partial charge < -0.3 is 9.88 Å². The lowest BCUT2D eigenvalue weighted by atomic mass is 10.1. The van der Waals surface area contributed by atoms with Crippen molar-refractivity contribution in [2.24, 2.45) is 0 Å². The Morgan fingerprint density at radius 3 is 2.68 bits per heavy atom. The molecule has 1 heterocycles. The lowest BCUT2D eigenvalue weighted by molar-refractivity contribution is -0.113. The monoisotopic (exact) mass is 452 g/mol. The van der Waals surface area contributed by atoms with Crippen molar-refractivity contribution < 1.29 is 4.79 Å². The molecule has 1 N–H and O–H groups in total. The summed E-state index contributed by atoms with van der Waals surface area (Å²) in [6.45, 7) is 8.58. The van der Waals surface area contributed by atoms with E-state index in [1.54, 1.807) is 11.8 Å². The highest BCUT2D eigenvalue weighted by Gasteiger charge is 2.15. The number of rotatable bonds is 11. The number of aryl methyl sites for hydroxylation is 2. The molecule has 1 amide bonds. The zero-order valence-electron chi connectivity index (χ0n) is 18.0.